The highest BCUT2D eigenvalue weighted by atomic mass is 16.5. The fraction of sp³-hybridized carbons (Fsp3) is 0.611. The monoisotopic (exact) mass is 261 g/mol. The number of para-hydroxylation sites is 1. The van der Waals surface area contributed by atoms with Crippen LogP contribution in [0.4, 0.5) is 0 Å². The van der Waals surface area contributed by atoms with Gasteiger partial charge in [0.2, 0.25) is 0 Å². The van der Waals surface area contributed by atoms with Gasteiger partial charge in [-0.05, 0) is 25.0 Å². The highest BCUT2D eigenvalue weighted by Crippen LogP contribution is 2.11. The van der Waals surface area contributed by atoms with Crippen LogP contribution in [0.2, 0.25) is 0 Å². The molecule has 0 heterocycles. The van der Waals surface area contributed by atoms with Gasteiger partial charge in [0.25, 0.3) is 0 Å². The van der Waals surface area contributed by atoms with Crippen LogP contribution in [0.15, 0.2) is 30.3 Å². The second-order valence-electron chi connectivity index (χ2n) is 5.15. The number of hydrogen-bond acceptors (Lipinski definition) is 1. The summed E-state index contributed by atoms with van der Waals surface area (Å²) in [6, 6.07) is 10.1. The van der Waals surface area contributed by atoms with Crippen molar-refractivity contribution in [3.8, 4) is 5.75 Å². The van der Waals surface area contributed by atoms with E-state index in [-0.39, 0.29) is 0 Å². The lowest BCUT2D eigenvalue weighted by molar-refractivity contribution is 0.318. The van der Waals surface area contributed by atoms with Crippen LogP contribution in [0.25, 0.3) is 0 Å². The van der Waals surface area contributed by atoms with Crippen molar-refractivity contribution in [2.45, 2.75) is 64.7 Å². The van der Waals surface area contributed by atoms with Crippen molar-refractivity contribution in [1.82, 2.24) is 0 Å². The molecule has 1 radical (unpaired) electrons. The van der Waals surface area contributed by atoms with E-state index in [1.165, 1.54) is 51.4 Å². The fourth-order valence-corrected chi connectivity index (χ4v) is 2.17. The molecule has 0 saturated heterocycles. The van der Waals surface area contributed by atoms with Gasteiger partial charge >= 0.3 is 0 Å². The molecule has 0 amide bonds. The van der Waals surface area contributed by atoms with E-state index in [2.05, 4.69) is 13.3 Å². The van der Waals surface area contributed by atoms with Gasteiger partial charge in [-0.25, -0.2) is 0 Å². The van der Waals surface area contributed by atoms with Gasteiger partial charge in [-0.15, -0.1) is 0 Å². The summed E-state index contributed by atoms with van der Waals surface area (Å²) in [5.74, 6) is 0.979. The van der Waals surface area contributed by atoms with Crippen molar-refractivity contribution in [2.75, 3.05) is 6.61 Å². The maximum atomic E-state index is 5.65. The molecule has 19 heavy (non-hydrogen) atoms. The number of benzene rings is 1. The maximum absolute atomic E-state index is 5.65. The predicted octanol–water partition coefficient (Wildman–Crippen LogP) is 5.80. The van der Waals surface area contributed by atoms with Gasteiger partial charge in [0, 0.05) is 0 Å². The number of rotatable bonds is 12. The summed E-state index contributed by atoms with van der Waals surface area (Å²) >= 11 is 0. The lowest BCUT2D eigenvalue weighted by Crippen LogP contribution is -1.97. The van der Waals surface area contributed by atoms with Crippen LogP contribution < -0.4 is 4.74 Å². The molecular formula is C18H29O. The Bertz CT molecular complexity index is 281. The minimum absolute atomic E-state index is 0.806. The van der Waals surface area contributed by atoms with E-state index >= 15 is 0 Å². The zero-order chi connectivity index (χ0) is 13.6. The molecule has 0 atom stereocenters. The minimum Gasteiger partial charge on any atom is -0.494 e. The number of unbranched alkanes of at least 4 members (excludes halogenated alkanes) is 9. The summed E-state index contributed by atoms with van der Waals surface area (Å²) in [6.45, 7) is 3.08. The van der Waals surface area contributed by atoms with E-state index in [1.54, 1.807) is 0 Å². The van der Waals surface area contributed by atoms with Gasteiger partial charge in [-0.1, -0.05) is 76.5 Å². The SMILES string of the molecule is CCCCCCCCC[CH]CCOc1ccccc1. The molecule has 0 unspecified atom stereocenters. The summed E-state index contributed by atoms with van der Waals surface area (Å²) in [7, 11) is 0. The smallest absolute Gasteiger partial charge is 0.119 e. The number of hydrogen-bond donors (Lipinski definition) is 0. The Hall–Kier alpha value is -0.980. The van der Waals surface area contributed by atoms with Crippen LogP contribution in [-0.4, -0.2) is 6.61 Å². The quantitative estimate of drug-likeness (QED) is 0.432. The topological polar surface area (TPSA) is 9.23 Å². The Kier molecular flexibility index (Phi) is 10.2. The molecular weight excluding hydrogens is 232 g/mol. The molecule has 1 aromatic rings. The van der Waals surface area contributed by atoms with Gasteiger partial charge in [-0.2, -0.15) is 0 Å². The average molecular weight is 261 g/mol. The highest BCUT2D eigenvalue weighted by molar-refractivity contribution is 5.20. The van der Waals surface area contributed by atoms with Gasteiger partial charge in [0.15, 0.2) is 0 Å². The third-order valence-electron chi connectivity index (χ3n) is 3.35. The molecule has 0 spiro atoms. The maximum Gasteiger partial charge on any atom is 0.119 e. The second kappa shape index (κ2) is 12.1. The molecule has 0 saturated carbocycles. The van der Waals surface area contributed by atoms with Crippen molar-refractivity contribution < 1.29 is 4.74 Å². The van der Waals surface area contributed by atoms with Crippen molar-refractivity contribution in [3.63, 3.8) is 0 Å². The van der Waals surface area contributed by atoms with Crippen LogP contribution in [-0.2, 0) is 0 Å². The van der Waals surface area contributed by atoms with E-state index in [9.17, 15) is 0 Å². The summed E-state index contributed by atoms with van der Waals surface area (Å²) < 4.78 is 5.65. The molecule has 0 bridgehead atoms. The molecule has 0 aliphatic rings. The van der Waals surface area contributed by atoms with Crippen molar-refractivity contribution in [3.05, 3.63) is 36.8 Å². The van der Waals surface area contributed by atoms with Crippen LogP contribution in [0, 0.1) is 6.42 Å². The molecule has 1 aromatic carbocycles. The molecule has 1 nitrogen and oxygen atoms in total. The molecule has 107 valence electrons. The standard InChI is InChI=1S/C18H29O/c1-2-3-4-5-6-7-8-9-10-14-17-19-18-15-12-11-13-16-18/h10-13,15-16H,2-9,14,17H2,1H3. The molecule has 1 rings (SSSR count). The Morgan fingerprint density at radius 1 is 0.842 bits per heavy atom. The third-order valence-corrected chi connectivity index (χ3v) is 3.35. The first kappa shape index (κ1) is 16.1. The fourth-order valence-electron chi connectivity index (χ4n) is 2.17. The number of ether oxygens (including phenoxy) is 1. The molecule has 0 fully saturated rings. The molecule has 0 aromatic heterocycles. The summed E-state index contributed by atoms with van der Waals surface area (Å²) in [5, 5.41) is 0. The van der Waals surface area contributed by atoms with Gasteiger partial charge in [0.05, 0.1) is 6.61 Å². The second-order valence-corrected chi connectivity index (χ2v) is 5.15. The Morgan fingerprint density at radius 2 is 1.53 bits per heavy atom. The van der Waals surface area contributed by atoms with Crippen molar-refractivity contribution >= 4 is 0 Å². The lowest BCUT2D eigenvalue weighted by atomic mass is 10.1. The van der Waals surface area contributed by atoms with Gasteiger partial charge in [0.1, 0.15) is 5.75 Å². The molecule has 0 aliphatic heterocycles. The first-order valence-electron chi connectivity index (χ1n) is 7.93. The first-order valence-corrected chi connectivity index (χ1v) is 7.93. The minimum atomic E-state index is 0.806. The summed E-state index contributed by atoms with van der Waals surface area (Å²) in [6.07, 6.45) is 14.4. The van der Waals surface area contributed by atoms with E-state index in [0.29, 0.717) is 0 Å². The Labute approximate surface area is 119 Å². The molecule has 0 aliphatic carbocycles. The van der Waals surface area contributed by atoms with E-state index < -0.39 is 0 Å². The van der Waals surface area contributed by atoms with Crippen molar-refractivity contribution in [1.29, 1.82) is 0 Å². The van der Waals surface area contributed by atoms with Crippen LogP contribution in [0.5, 0.6) is 5.75 Å². The summed E-state index contributed by atoms with van der Waals surface area (Å²) in [4.78, 5) is 0. The summed E-state index contributed by atoms with van der Waals surface area (Å²) in [5.41, 5.74) is 0. The zero-order valence-corrected chi connectivity index (χ0v) is 12.4. The van der Waals surface area contributed by atoms with Gasteiger partial charge < -0.3 is 4.74 Å². The van der Waals surface area contributed by atoms with E-state index in [1.807, 2.05) is 30.3 Å². The first-order chi connectivity index (χ1) is 9.43. The predicted molar refractivity (Wildman–Crippen MR) is 83.5 cm³/mol. The molecule has 1 heteroatoms. The largest absolute Gasteiger partial charge is 0.494 e. The van der Waals surface area contributed by atoms with Crippen molar-refractivity contribution in [2.24, 2.45) is 0 Å². The normalized spacial score (nSPS) is 10.6. The zero-order valence-electron chi connectivity index (χ0n) is 12.4. The lowest BCUT2D eigenvalue weighted by Gasteiger charge is -2.05. The Balaban J connectivity index is 1.79. The highest BCUT2D eigenvalue weighted by Gasteiger charge is 1.94. The van der Waals surface area contributed by atoms with E-state index in [4.69, 9.17) is 4.74 Å². The van der Waals surface area contributed by atoms with Crippen LogP contribution in [0.3, 0.4) is 0 Å². The van der Waals surface area contributed by atoms with Gasteiger partial charge in [-0.3, -0.25) is 0 Å². The van der Waals surface area contributed by atoms with Crippen LogP contribution >= 0.6 is 0 Å². The Morgan fingerprint density at radius 3 is 2.26 bits per heavy atom. The molecule has 0 N–H and O–H groups in total. The van der Waals surface area contributed by atoms with Crippen LogP contribution in [0.1, 0.15) is 64.7 Å². The third kappa shape index (κ3) is 9.58. The van der Waals surface area contributed by atoms with E-state index in [0.717, 1.165) is 18.8 Å². The average Bonchev–Trinajstić information content (AvgIpc) is 2.46.